The first-order valence-electron chi connectivity index (χ1n) is 14.2. The molecule has 9 nitrogen and oxygen atoms in total. The lowest BCUT2D eigenvalue weighted by Crippen LogP contribution is -2.01. The molecule has 2 aromatic carbocycles. The van der Waals surface area contributed by atoms with Crippen molar-refractivity contribution in [1.29, 1.82) is 0 Å². The van der Waals surface area contributed by atoms with E-state index in [1.807, 2.05) is 109 Å². The molecule has 0 atom stereocenters. The predicted octanol–water partition coefficient (Wildman–Crippen LogP) is 7.59. The number of aromatic nitrogens is 8. The molecule has 0 fully saturated rings. The predicted molar refractivity (Wildman–Crippen MR) is 171 cm³/mol. The molecule has 212 valence electrons. The fourth-order valence-electron chi connectivity index (χ4n) is 4.91. The topological polar surface area (TPSA) is 116 Å². The maximum absolute atomic E-state index is 6.14. The molecule has 0 saturated carbocycles. The van der Waals surface area contributed by atoms with Gasteiger partial charge in [0.25, 0.3) is 0 Å². The van der Waals surface area contributed by atoms with Gasteiger partial charge in [0.1, 0.15) is 5.52 Å². The summed E-state index contributed by atoms with van der Waals surface area (Å²) in [5.74, 6) is 1.99. The van der Waals surface area contributed by atoms with E-state index >= 15 is 0 Å². The van der Waals surface area contributed by atoms with E-state index < -0.39 is 0 Å². The van der Waals surface area contributed by atoms with E-state index in [9.17, 15) is 0 Å². The lowest BCUT2D eigenvalue weighted by Gasteiger charge is -2.09. The molecule has 0 aliphatic heterocycles. The van der Waals surface area contributed by atoms with Gasteiger partial charge in [-0.25, -0.2) is 19.9 Å². The molecule has 6 heterocycles. The number of fused-ring (bicyclic) bond motifs is 1. The lowest BCUT2D eigenvalue weighted by molar-refractivity contribution is 0.620. The van der Waals surface area contributed by atoms with Crippen LogP contribution in [0.15, 0.2) is 138 Å². The SMILES string of the molecule is c1ccc(-c2nc3ccc(-c4nc(-c5ccc(-c6ccccn6)nc5)nc(-c5ccc(-c6ccccn6)nc5)n4)cc3o2)cc1. The molecule has 0 N–H and O–H groups in total. The summed E-state index contributed by atoms with van der Waals surface area (Å²) < 4.78 is 6.14. The maximum atomic E-state index is 6.14. The molecule has 0 unspecified atom stereocenters. The second-order valence-electron chi connectivity index (χ2n) is 10.2. The summed E-state index contributed by atoms with van der Waals surface area (Å²) in [7, 11) is 0. The summed E-state index contributed by atoms with van der Waals surface area (Å²) >= 11 is 0. The molecule has 0 radical (unpaired) electrons. The van der Waals surface area contributed by atoms with E-state index in [2.05, 4.69) is 24.9 Å². The summed E-state index contributed by atoms with van der Waals surface area (Å²) in [6, 6.07) is 34.7. The van der Waals surface area contributed by atoms with Crippen LogP contribution in [0.4, 0.5) is 0 Å². The number of hydrogen-bond acceptors (Lipinski definition) is 9. The van der Waals surface area contributed by atoms with Crippen LogP contribution < -0.4 is 0 Å². The minimum Gasteiger partial charge on any atom is -0.436 e. The molecule has 0 spiro atoms. The summed E-state index contributed by atoms with van der Waals surface area (Å²) in [6.45, 7) is 0. The summed E-state index contributed by atoms with van der Waals surface area (Å²) in [6.07, 6.45) is 7.00. The van der Waals surface area contributed by atoms with Crippen molar-refractivity contribution in [3.8, 4) is 68.4 Å². The van der Waals surface area contributed by atoms with Gasteiger partial charge in [0.15, 0.2) is 23.1 Å². The fraction of sp³-hybridized carbons (Fsp3) is 0. The Hall–Kier alpha value is -6.48. The number of oxazole rings is 1. The number of hydrogen-bond donors (Lipinski definition) is 0. The smallest absolute Gasteiger partial charge is 0.227 e. The van der Waals surface area contributed by atoms with Crippen LogP contribution in [0, 0.1) is 0 Å². The van der Waals surface area contributed by atoms with Gasteiger partial charge in [-0.15, -0.1) is 0 Å². The third-order valence-electron chi connectivity index (χ3n) is 7.20. The van der Waals surface area contributed by atoms with E-state index in [1.165, 1.54) is 0 Å². The second kappa shape index (κ2) is 11.3. The first-order chi connectivity index (χ1) is 22.3. The monoisotopic (exact) mass is 582 g/mol. The van der Waals surface area contributed by atoms with E-state index in [0.29, 0.717) is 28.9 Å². The Morgan fingerprint density at radius 2 is 0.933 bits per heavy atom. The number of benzene rings is 2. The maximum Gasteiger partial charge on any atom is 0.227 e. The molecule has 0 bridgehead atoms. The number of pyridine rings is 4. The molecule has 0 aliphatic carbocycles. The Kier molecular flexibility index (Phi) is 6.58. The van der Waals surface area contributed by atoms with E-state index in [0.717, 1.165) is 50.5 Å². The van der Waals surface area contributed by atoms with Gasteiger partial charge in [-0.1, -0.05) is 30.3 Å². The van der Waals surface area contributed by atoms with Gasteiger partial charge in [-0.05, 0) is 78.9 Å². The van der Waals surface area contributed by atoms with E-state index in [1.54, 1.807) is 24.8 Å². The Labute approximate surface area is 257 Å². The Balaban J connectivity index is 1.22. The van der Waals surface area contributed by atoms with Gasteiger partial charge in [0.05, 0.1) is 22.8 Å². The largest absolute Gasteiger partial charge is 0.436 e. The Morgan fingerprint density at radius 1 is 0.400 bits per heavy atom. The average Bonchev–Trinajstić information content (AvgIpc) is 3.57. The first kappa shape index (κ1) is 26.2. The molecule has 8 aromatic rings. The zero-order valence-corrected chi connectivity index (χ0v) is 23.7. The minimum atomic E-state index is 0.478. The van der Waals surface area contributed by atoms with Crippen LogP contribution in [-0.4, -0.2) is 39.9 Å². The van der Waals surface area contributed by atoms with Crippen molar-refractivity contribution in [3.63, 3.8) is 0 Å². The van der Waals surface area contributed by atoms with E-state index in [4.69, 9.17) is 19.4 Å². The van der Waals surface area contributed by atoms with Crippen molar-refractivity contribution in [2.45, 2.75) is 0 Å². The molecule has 45 heavy (non-hydrogen) atoms. The van der Waals surface area contributed by atoms with Crippen molar-refractivity contribution in [2.75, 3.05) is 0 Å². The number of rotatable bonds is 6. The molecule has 0 saturated heterocycles. The normalized spacial score (nSPS) is 11.1. The van der Waals surface area contributed by atoms with Gasteiger partial charge >= 0.3 is 0 Å². The number of nitrogens with zero attached hydrogens (tertiary/aromatic N) is 8. The van der Waals surface area contributed by atoms with Crippen LogP contribution in [0.2, 0.25) is 0 Å². The zero-order chi connectivity index (χ0) is 30.0. The molecule has 9 heteroatoms. The average molecular weight is 583 g/mol. The Bertz CT molecular complexity index is 2140. The molecule has 0 aliphatic rings. The summed E-state index contributed by atoms with van der Waals surface area (Å²) in [5.41, 5.74) is 7.62. The fourth-order valence-corrected chi connectivity index (χ4v) is 4.91. The second-order valence-corrected chi connectivity index (χ2v) is 10.2. The zero-order valence-electron chi connectivity index (χ0n) is 23.7. The Morgan fingerprint density at radius 3 is 1.47 bits per heavy atom. The highest BCUT2D eigenvalue weighted by molar-refractivity contribution is 5.81. The van der Waals surface area contributed by atoms with Gasteiger partial charge in [-0.2, -0.15) is 0 Å². The van der Waals surface area contributed by atoms with Crippen LogP contribution in [0.25, 0.3) is 79.5 Å². The minimum absolute atomic E-state index is 0.478. The highest BCUT2D eigenvalue weighted by Gasteiger charge is 2.16. The first-order valence-corrected chi connectivity index (χ1v) is 14.2. The van der Waals surface area contributed by atoms with Gasteiger partial charge < -0.3 is 4.42 Å². The van der Waals surface area contributed by atoms with Crippen LogP contribution in [0.3, 0.4) is 0 Å². The highest BCUT2D eigenvalue weighted by Crippen LogP contribution is 2.30. The van der Waals surface area contributed by atoms with Crippen LogP contribution in [0.1, 0.15) is 0 Å². The molecule has 8 rings (SSSR count). The quantitative estimate of drug-likeness (QED) is 0.195. The van der Waals surface area contributed by atoms with Crippen molar-refractivity contribution in [2.24, 2.45) is 0 Å². The third kappa shape index (κ3) is 5.30. The summed E-state index contributed by atoms with van der Waals surface area (Å²) in [4.78, 5) is 37.3. The third-order valence-corrected chi connectivity index (χ3v) is 7.20. The molecule has 6 aromatic heterocycles. The van der Waals surface area contributed by atoms with Crippen LogP contribution in [-0.2, 0) is 0 Å². The van der Waals surface area contributed by atoms with Crippen LogP contribution in [0.5, 0.6) is 0 Å². The standard InChI is InChI=1S/C36H22N8O/c1-2-8-23(9-3-1)36-41-31-17-12-24(20-32(31)45-36)33-42-34(25-13-15-29(39-21-25)27-10-4-6-18-37-27)44-35(43-33)26-14-16-30(40-22-26)28-11-5-7-19-38-28/h1-22H. The van der Waals surface area contributed by atoms with Crippen LogP contribution >= 0.6 is 0 Å². The molecular weight excluding hydrogens is 560 g/mol. The van der Waals surface area contributed by atoms with E-state index in [-0.39, 0.29) is 0 Å². The van der Waals surface area contributed by atoms with Crippen molar-refractivity contribution in [1.82, 2.24) is 39.9 Å². The van der Waals surface area contributed by atoms with Gasteiger partial charge in [0, 0.05) is 47.0 Å². The molecule has 0 amide bonds. The van der Waals surface area contributed by atoms with Gasteiger partial charge in [0.2, 0.25) is 5.89 Å². The lowest BCUT2D eigenvalue weighted by atomic mass is 10.1. The summed E-state index contributed by atoms with van der Waals surface area (Å²) in [5, 5.41) is 0. The highest BCUT2D eigenvalue weighted by atomic mass is 16.3. The van der Waals surface area contributed by atoms with Gasteiger partial charge in [-0.3, -0.25) is 19.9 Å². The van der Waals surface area contributed by atoms with Crippen molar-refractivity contribution in [3.05, 3.63) is 134 Å². The van der Waals surface area contributed by atoms with Crippen molar-refractivity contribution < 1.29 is 4.42 Å². The van der Waals surface area contributed by atoms with Crippen molar-refractivity contribution >= 4 is 11.1 Å². The molecular formula is C36H22N8O.